The molecule has 0 aromatic heterocycles. The molecule has 2 unspecified atom stereocenters. The maximum Gasteiger partial charge on any atom is -0.00240 e. The standard InChI is InChI=1S/C20H24S/c1-17-11-9-10-16-20(17)21(2,18-12-5-3-6-13-18)19-14-7-4-8-15-19/h3,5-7,9-10,12-17H,4,8,11H2,1-2H3. The van der Waals surface area contributed by atoms with Crippen molar-refractivity contribution in [3.63, 3.8) is 0 Å². The van der Waals surface area contributed by atoms with Crippen LogP contribution in [0.1, 0.15) is 26.2 Å². The average Bonchev–Trinajstić information content (AvgIpc) is 2.56. The van der Waals surface area contributed by atoms with Gasteiger partial charge in [-0.2, -0.15) is 10.0 Å². The van der Waals surface area contributed by atoms with Crippen LogP contribution >= 0.6 is 10.0 Å². The molecule has 0 nitrogen and oxygen atoms in total. The van der Waals surface area contributed by atoms with E-state index in [9.17, 15) is 0 Å². The summed E-state index contributed by atoms with van der Waals surface area (Å²) in [4.78, 5) is 4.64. The first-order valence-corrected chi connectivity index (χ1v) is 9.84. The van der Waals surface area contributed by atoms with Gasteiger partial charge in [-0.05, 0) is 58.3 Å². The lowest BCUT2D eigenvalue weighted by Gasteiger charge is -2.44. The molecule has 0 spiro atoms. The summed E-state index contributed by atoms with van der Waals surface area (Å²) in [6, 6.07) is 11.1. The Morgan fingerprint density at radius 2 is 1.86 bits per heavy atom. The first-order valence-electron chi connectivity index (χ1n) is 7.80. The van der Waals surface area contributed by atoms with E-state index in [4.69, 9.17) is 0 Å². The van der Waals surface area contributed by atoms with E-state index < -0.39 is 10.0 Å². The predicted molar refractivity (Wildman–Crippen MR) is 95.7 cm³/mol. The Kier molecular flexibility index (Phi) is 4.21. The second kappa shape index (κ2) is 6.11. The quantitative estimate of drug-likeness (QED) is 0.623. The van der Waals surface area contributed by atoms with Gasteiger partial charge in [0, 0.05) is 0 Å². The highest BCUT2D eigenvalue weighted by Gasteiger charge is 2.32. The summed E-state index contributed by atoms with van der Waals surface area (Å²) in [6.45, 7) is 2.37. The number of rotatable bonds is 3. The third kappa shape index (κ3) is 2.67. The maximum absolute atomic E-state index is 2.48. The molecule has 0 bridgehead atoms. The Bertz CT molecular complexity index is 618. The molecular weight excluding hydrogens is 272 g/mol. The van der Waals surface area contributed by atoms with Crippen LogP contribution < -0.4 is 0 Å². The highest BCUT2D eigenvalue weighted by molar-refractivity contribution is 8.39. The van der Waals surface area contributed by atoms with E-state index >= 15 is 0 Å². The third-order valence-corrected chi connectivity index (χ3v) is 8.43. The molecule has 0 saturated heterocycles. The van der Waals surface area contributed by atoms with Crippen molar-refractivity contribution in [1.29, 1.82) is 0 Å². The molecule has 21 heavy (non-hydrogen) atoms. The zero-order valence-corrected chi connectivity index (χ0v) is 13.8. The lowest BCUT2D eigenvalue weighted by Crippen LogP contribution is -2.13. The van der Waals surface area contributed by atoms with Crippen LogP contribution in [0.15, 0.2) is 81.5 Å². The molecule has 0 fully saturated rings. The Balaban J connectivity index is 2.15. The molecule has 2 aliphatic carbocycles. The minimum atomic E-state index is -1.09. The number of benzene rings is 1. The van der Waals surface area contributed by atoms with Crippen LogP contribution in [0.2, 0.25) is 0 Å². The molecule has 3 rings (SSSR count). The Morgan fingerprint density at radius 3 is 2.52 bits per heavy atom. The first-order chi connectivity index (χ1) is 10.2. The number of hydrogen-bond acceptors (Lipinski definition) is 0. The van der Waals surface area contributed by atoms with Gasteiger partial charge in [-0.15, -0.1) is 0 Å². The lowest BCUT2D eigenvalue weighted by molar-refractivity contribution is 0.721. The minimum Gasteiger partial charge on any atom is -0.167 e. The fraction of sp³-hybridized carbons (Fsp3) is 0.300. The van der Waals surface area contributed by atoms with Crippen molar-refractivity contribution in [3.8, 4) is 0 Å². The fourth-order valence-electron chi connectivity index (χ4n) is 3.26. The summed E-state index contributed by atoms with van der Waals surface area (Å²) < 4.78 is 0. The molecule has 110 valence electrons. The van der Waals surface area contributed by atoms with E-state index in [0.29, 0.717) is 5.92 Å². The van der Waals surface area contributed by atoms with Crippen molar-refractivity contribution in [1.82, 2.24) is 0 Å². The fourth-order valence-corrected chi connectivity index (χ4v) is 6.85. The monoisotopic (exact) mass is 296 g/mol. The highest BCUT2D eigenvalue weighted by atomic mass is 32.3. The van der Waals surface area contributed by atoms with Crippen LogP contribution in [0.5, 0.6) is 0 Å². The summed E-state index contributed by atoms with van der Waals surface area (Å²) in [5.74, 6) is 0.631. The zero-order valence-electron chi connectivity index (χ0n) is 13.0. The van der Waals surface area contributed by atoms with Crippen LogP contribution in [-0.4, -0.2) is 6.26 Å². The van der Waals surface area contributed by atoms with Gasteiger partial charge in [0.1, 0.15) is 0 Å². The molecule has 1 heteroatoms. The van der Waals surface area contributed by atoms with Gasteiger partial charge < -0.3 is 0 Å². The summed E-state index contributed by atoms with van der Waals surface area (Å²) in [5.41, 5.74) is 0. The minimum absolute atomic E-state index is 0.631. The Hall–Kier alpha value is -1.47. The summed E-state index contributed by atoms with van der Waals surface area (Å²) in [7, 11) is -1.09. The second-order valence-corrected chi connectivity index (χ2v) is 9.20. The van der Waals surface area contributed by atoms with E-state index in [1.807, 2.05) is 0 Å². The van der Waals surface area contributed by atoms with Crippen molar-refractivity contribution < 1.29 is 0 Å². The molecule has 0 saturated carbocycles. The van der Waals surface area contributed by atoms with E-state index in [1.165, 1.54) is 22.6 Å². The van der Waals surface area contributed by atoms with Crippen molar-refractivity contribution in [3.05, 3.63) is 76.6 Å². The molecule has 1 aromatic carbocycles. The van der Waals surface area contributed by atoms with E-state index in [0.717, 1.165) is 6.42 Å². The van der Waals surface area contributed by atoms with Gasteiger partial charge in [0.05, 0.1) is 0 Å². The van der Waals surface area contributed by atoms with Gasteiger partial charge in [0.25, 0.3) is 0 Å². The molecule has 0 aliphatic heterocycles. The predicted octanol–water partition coefficient (Wildman–Crippen LogP) is 6.19. The average molecular weight is 296 g/mol. The molecule has 0 heterocycles. The van der Waals surface area contributed by atoms with Crippen molar-refractivity contribution in [2.75, 3.05) is 6.26 Å². The normalized spacial score (nSPS) is 25.7. The van der Waals surface area contributed by atoms with E-state index in [2.05, 4.69) is 80.0 Å². The largest absolute Gasteiger partial charge is 0.167 e. The zero-order chi connectivity index (χ0) is 14.7. The van der Waals surface area contributed by atoms with Crippen LogP contribution in [-0.2, 0) is 0 Å². The second-order valence-electron chi connectivity index (χ2n) is 5.95. The molecule has 0 amide bonds. The lowest BCUT2D eigenvalue weighted by atomic mass is 10.0. The van der Waals surface area contributed by atoms with Gasteiger partial charge in [-0.1, -0.05) is 61.6 Å². The Labute approximate surface area is 130 Å². The van der Waals surface area contributed by atoms with E-state index in [-0.39, 0.29) is 0 Å². The van der Waals surface area contributed by atoms with Gasteiger partial charge in [0.2, 0.25) is 0 Å². The van der Waals surface area contributed by atoms with Crippen LogP contribution in [0.25, 0.3) is 0 Å². The first kappa shape index (κ1) is 14.5. The maximum atomic E-state index is 2.48. The summed E-state index contributed by atoms with van der Waals surface area (Å²) in [6.07, 6.45) is 20.1. The summed E-state index contributed by atoms with van der Waals surface area (Å²) in [5, 5.41) is 0. The topological polar surface area (TPSA) is 0 Å². The van der Waals surface area contributed by atoms with Crippen molar-refractivity contribution in [2.45, 2.75) is 31.1 Å². The van der Waals surface area contributed by atoms with Gasteiger partial charge in [-0.3, -0.25) is 0 Å². The van der Waals surface area contributed by atoms with E-state index in [1.54, 1.807) is 4.91 Å². The van der Waals surface area contributed by atoms with Crippen LogP contribution in [0, 0.1) is 5.92 Å². The van der Waals surface area contributed by atoms with Gasteiger partial charge in [-0.25, -0.2) is 0 Å². The van der Waals surface area contributed by atoms with Crippen molar-refractivity contribution >= 4 is 10.0 Å². The SMILES string of the molecule is CC1CC=CC=C1S(C)(C1=CCCC=C1)c1ccccc1. The van der Waals surface area contributed by atoms with Crippen LogP contribution in [0.4, 0.5) is 0 Å². The van der Waals surface area contributed by atoms with Crippen molar-refractivity contribution in [2.24, 2.45) is 5.92 Å². The molecule has 2 aliphatic rings. The molecular formula is C20H24S. The molecule has 2 atom stereocenters. The highest BCUT2D eigenvalue weighted by Crippen LogP contribution is 2.68. The molecule has 0 radical (unpaired) electrons. The third-order valence-electron chi connectivity index (χ3n) is 4.49. The number of hydrogen-bond donors (Lipinski definition) is 0. The number of allylic oxidation sites excluding steroid dienone is 7. The van der Waals surface area contributed by atoms with Gasteiger partial charge >= 0.3 is 0 Å². The molecule has 0 N–H and O–H groups in total. The smallest absolute Gasteiger partial charge is 0.00240 e. The summed E-state index contributed by atoms with van der Waals surface area (Å²) >= 11 is 0. The Morgan fingerprint density at radius 1 is 1.05 bits per heavy atom. The van der Waals surface area contributed by atoms with Gasteiger partial charge in [0.15, 0.2) is 0 Å². The molecule has 1 aromatic rings. The van der Waals surface area contributed by atoms with Crippen LogP contribution in [0.3, 0.4) is 0 Å².